The number of aromatic nitrogens is 2. The van der Waals surface area contributed by atoms with Gasteiger partial charge in [0.05, 0.1) is 22.9 Å². The standard InChI is InChI=1S/C21H19N3O5S/c1-12-3-5-17(13(2)7-12)24-20(15-9-30(26,27)10-16(15)23-24)22-21(25)14-4-6-18-19(8-14)29-11-28-18/h3-8H,9-11H2,1-2H3,(H,22,25). The predicted octanol–water partition coefficient (Wildman–Crippen LogP) is 2.90. The zero-order chi connectivity index (χ0) is 21.0. The fraction of sp³-hybridized carbons (Fsp3) is 0.238. The number of fused-ring (bicyclic) bond motifs is 2. The summed E-state index contributed by atoms with van der Waals surface area (Å²) in [6.45, 7) is 4.06. The van der Waals surface area contributed by atoms with Gasteiger partial charge in [0, 0.05) is 11.1 Å². The van der Waals surface area contributed by atoms with Gasteiger partial charge in [-0.2, -0.15) is 5.10 Å². The Morgan fingerprint density at radius 2 is 1.87 bits per heavy atom. The number of hydrogen-bond acceptors (Lipinski definition) is 6. The molecule has 154 valence electrons. The minimum Gasteiger partial charge on any atom is -0.454 e. The van der Waals surface area contributed by atoms with Crippen LogP contribution in [0.25, 0.3) is 5.69 Å². The van der Waals surface area contributed by atoms with Crippen LogP contribution in [0.3, 0.4) is 0 Å². The van der Waals surface area contributed by atoms with Gasteiger partial charge in [0.15, 0.2) is 21.3 Å². The van der Waals surface area contributed by atoms with Crippen LogP contribution >= 0.6 is 0 Å². The number of benzene rings is 2. The number of nitrogens with zero attached hydrogens (tertiary/aromatic N) is 2. The number of sulfone groups is 1. The van der Waals surface area contributed by atoms with Gasteiger partial charge in [-0.25, -0.2) is 13.1 Å². The number of anilines is 1. The van der Waals surface area contributed by atoms with Crippen LogP contribution in [-0.2, 0) is 21.3 Å². The number of hydrogen-bond donors (Lipinski definition) is 1. The van der Waals surface area contributed by atoms with Crippen molar-refractivity contribution < 1.29 is 22.7 Å². The van der Waals surface area contributed by atoms with Crippen LogP contribution in [0, 0.1) is 13.8 Å². The lowest BCUT2D eigenvalue weighted by Gasteiger charge is -2.13. The van der Waals surface area contributed by atoms with E-state index in [9.17, 15) is 13.2 Å². The molecule has 1 amide bonds. The van der Waals surface area contributed by atoms with Crippen molar-refractivity contribution in [3.63, 3.8) is 0 Å². The second kappa shape index (κ2) is 6.60. The molecule has 8 nitrogen and oxygen atoms in total. The van der Waals surface area contributed by atoms with E-state index in [2.05, 4.69) is 10.4 Å². The van der Waals surface area contributed by atoms with Crippen LogP contribution in [0.1, 0.15) is 32.7 Å². The van der Waals surface area contributed by atoms with Crippen LogP contribution in [0.15, 0.2) is 36.4 Å². The van der Waals surface area contributed by atoms with Crippen LogP contribution < -0.4 is 14.8 Å². The van der Waals surface area contributed by atoms with Gasteiger partial charge in [0.1, 0.15) is 5.82 Å². The van der Waals surface area contributed by atoms with E-state index in [1.54, 1.807) is 22.9 Å². The van der Waals surface area contributed by atoms with Gasteiger partial charge in [-0.15, -0.1) is 0 Å². The number of aryl methyl sites for hydroxylation is 2. The summed E-state index contributed by atoms with van der Waals surface area (Å²) < 4.78 is 36.6. The molecule has 0 saturated heterocycles. The maximum Gasteiger partial charge on any atom is 0.256 e. The summed E-state index contributed by atoms with van der Waals surface area (Å²) in [7, 11) is -3.27. The Hall–Kier alpha value is -3.33. The molecule has 0 radical (unpaired) electrons. The smallest absolute Gasteiger partial charge is 0.256 e. The topological polar surface area (TPSA) is 99.5 Å². The molecule has 9 heteroatoms. The molecule has 1 N–H and O–H groups in total. The number of ether oxygens (including phenoxy) is 2. The molecular formula is C21H19N3O5S. The van der Waals surface area contributed by atoms with E-state index in [0.29, 0.717) is 34.1 Å². The van der Waals surface area contributed by atoms with Crippen molar-refractivity contribution in [3.05, 3.63) is 64.3 Å². The van der Waals surface area contributed by atoms with Gasteiger partial charge in [0.25, 0.3) is 5.91 Å². The maximum absolute atomic E-state index is 13.0. The Kier molecular flexibility index (Phi) is 4.11. The first-order valence-electron chi connectivity index (χ1n) is 9.40. The average molecular weight is 425 g/mol. The van der Waals surface area contributed by atoms with Gasteiger partial charge in [0.2, 0.25) is 6.79 Å². The van der Waals surface area contributed by atoms with E-state index in [4.69, 9.17) is 9.47 Å². The van der Waals surface area contributed by atoms with E-state index in [1.807, 2.05) is 32.0 Å². The molecule has 0 spiro atoms. The molecule has 0 saturated carbocycles. The fourth-order valence-electron chi connectivity index (χ4n) is 3.81. The monoisotopic (exact) mass is 425 g/mol. The summed E-state index contributed by atoms with van der Waals surface area (Å²) in [6, 6.07) is 10.8. The Morgan fingerprint density at radius 3 is 2.67 bits per heavy atom. The molecule has 0 atom stereocenters. The lowest BCUT2D eigenvalue weighted by molar-refractivity contribution is 0.102. The number of nitrogens with one attached hydrogen (secondary N) is 1. The SMILES string of the molecule is Cc1ccc(-n2nc3c(c2NC(=O)c2ccc4c(c2)OCO4)CS(=O)(=O)C3)c(C)c1. The van der Waals surface area contributed by atoms with E-state index >= 15 is 0 Å². The van der Waals surface area contributed by atoms with E-state index in [0.717, 1.165) is 16.8 Å². The quantitative estimate of drug-likeness (QED) is 0.693. The molecule has 30 heavy (non-hydrogen) atoms. The molecule has 0 unspecified atom stereocenters. The molecule has 3 aromatic rings. The van der Waals surface area contributed by atoms with Crippen LogP contribution in [-0.4, -0.2) is 30.9 Å². The van der Waals surface area contributed by atoms with Crippen molar-refractivity contribution in [3.8, 4) is 17.2 Å². The molecule has 2 aliphatic rings. The Balaban J connectivity index is 1.57. The largest absolute Gasteiger partial charge is 0.454 e. The summed E-state index contributed by atoms with van der Waals surface area (Å²) in [5, 5.41) is 7.41. The lowest BCUT2D eigenvalue weighted by Crippen LogP contribution is -2.17. The highest BCUT2D eigenvalue weighted by molar-refractivity contribution is 7.90. The molecule has 0 aliphatic carbocycles. The highest BCUT2D eigenvalue weighted by atomic mass is 32.2. The first-order chi connectivity index (χ1) is 14.3. The third-order valence-electron chi connectivity index (χ3n) is 5.23. The summed E-state index contributed by atoms with van der Waals surface area (Å²) in [5.41, 5.74) is 4.23. The summed E-state index contributed by atoms with van der Waals surface area (Å²) in [4.78, 5) is 13.0. The molecule has 5 rings (SSSR count). The van der Waals surface area contributed by atoms with Gasteiger partial charge < -0.3 is 14.8 Å². The fourth-order valence-corrected chi connectivity index (χ4v) is 5.30. The van der Waals surface area contributed by atoms with Gasteiger partial charge >= 0.3 is 0 Å². The minimum atomic E-state index is -3.27. The zero-order valence-electron chi connectivity index (χ0n) is 16.4. The Morgan fingerprint density at radius 1 is 1.07 bits per heavy atom. The summed E-state index contributed by atoms with van der Waals surface area (Å²) >= 11 is 0. The number of rotatable bonds is 3. The predicted molar refractivity (Wildman–Crippen MR) is 110 cm³/mol. The highest BCUT2D eigenvalue weighted by Gasteiger charge is 2.33. The first kappa shape index (κ1) is 18.7. The second-order valence-corrected chi connectivity index (χ2v) is 9.59. The van der Waals surface area contributed by atoms with Crippen molar-refractivity contribution in [2.45, 2.75) is 25.4 Å². The molecule has 3 heterocycles. The summed E-state index contributed by atoms with van der Waals surface area (Å²) in [6.07, 6.45) is 0. The van der Waals surface area contributed by atoms with E-state index in [1.165, 1.54) is 0 Å². The van der Waals surface area contributed by atoms with Crippen LogP contribution in [0.2, 0.25) is 0 Å². The summed E-state index contributed by atoms with van der Waals surface area (Å²) in [5.74, 6) is 0.793. The van der Waals surface area contributed by atoms with Crippen molar-refractivity contribution in [1.29, 1.82) is 0 Å². The first-order valence-corrected chi connectivity index (χ1v) is 11.2. The number of carbonyl (C=O) groups excluding carboxylic acids is 1. The average Bonchev–Trinajstić information content (AvgIpc) is 3.34. The van der Waals surface area contributed by atoms with Crippen molar-refractivity contribution in [2.24, 2.45) is 0 Å². The zero-order valence-corrected chi connectivity index (χ0v) is 17.2. The van der Waals surface area contributed by atoms with Crippen molar-refractivity contribution in [1.82, 2.24) is 9.78 Å². The van der Waals surface area contributed by atoms with E-state index in [-0.39, 0.29) is 24.2 Å². The molecule has 0 fully saturated rings. The Bertz CT molecular complexity index is 1310. The van der Waals surface area contributed by atoms with E-state index < -0.39 is 9.84 Å². The third kappa shape index (κ3) is 3.11. The Labute approximate surface area is 173 Å². The third-order valence-corrected chi connectivity index (χ3v) is 6.68. The maximum atomic E-state index is 13.0. The minimum absolute atomic E-state index is 0.116. The van der Waals surface area contributed by atoms with Crippen LogP contribution in [0.4, 0.5) is 5.82 Å². The van der Waals surface area contributed by atoms with Gasteiger partial charge in [-0.3, -0.25) is 4.79 Å². The molecule has 1 aromatic heterocycles. The molecular weight excluding hydrogens is 406 g/mol. The van der Waals surface area contributed by atoms with Crippen molar-refractivity contribution >= 4 is 21.6 Å². The van der Waals surface area contributed by atoms with Gasteiger partial charge in [-0.1, -0.05) is 17.7 Å². The number of amides is 1. The highest BCUT2D eigenvalue weighted by Crippen LogP contribution is 2.35. The van der Waals surface area contributed by atoms with Crippen LogP contribution in [0.5, 0.6) is 11.5 Å². The molecule has 0 bridgehead atoms. The normalized spacial score (nSPS) is 15.8. The number of carbonyl (C=O) groups is 1. The van der Waals surface area contributed by atoms with Gasteiger partial charge in [-0.05, 0) is 43.7 Å². The molecule has 2 aliphatic heterocycles. The lowest BCUT2D eigenvalue weighted by atomic mass is 10.1. The second-order valence-electron chi connectivity index (χ2n) is 7.53. The molecule has 2 aromatic carbocycles. The van der Waals surface area contributed by atoms with Crippen molar-refractivity contribution in [2.75, 3.05) is 12.1 Å².